The fourth-order valence-corrected chi connectivity index (χ4v) is 8.41. The number of anilines is 1. The van der Waals surface area contributed by atoms with E-state index in [1.807, 2.05) is 6.07 Å². The predicted molar refractivity (Wildman–Crippen MR) is 162 cm³/mol. The molecule has 2 aromatic carbocycles. The lowest BCUT2D eigenvalue weighted by Gasteiger charge is -2.45. The van der Waals surface area contributed by atoms with Gasteiger partial charge in [0, 0.05) is 23.5 Å². The van der Waals surface area contributed by atoms with Crippen molar-refractivity contribution in [2.75, 3.05) is 24.6 Å². The zero-order valence-corrected chi connectivity index (χ0v) is 25.9. The molecule has 2 N–H and O–H groups in total. The summed E-state index contributed by atoms with van der Waals surface area (Å²) in [5.74, 6) is 0.106. The Bertz CT molecular complexity index is 1520. The molecular weight excluding hydrogens is 576 g/mol. The van der Waals surface area contributed by atoms with Crippen molar-refractivity contribution in [3.8, 4) is 5.75 Å². The highest BCUT2D eigenvalue weighted by atomic mass is 35.5. The first-order valence-corrected chi connectivity index (χ1v) is 16.7. The topological polar surface area (TPSA) is 105 Å². The highest BCUT2D eigenvalue weighted by molar-refractivity contribution is 7.90. The summed E-state index contributed by atoms with van der Waals surface area (Å²) in [5.41, 5.74) is 1.39. The second kappa shape index (κ2) is 10.8. The fourth-order valence-electron chi connectivity index (χ4n) is 7.09. The number of halogens is 1. The summed E-state index contributed by atoms with van der Waals surface area (Å²) in [6, 6.07) is 10.9. The van der Waals surface area contributed by atoms with Crippen LogP contribution in [0.3, 0.4) is 0 Å². The van der Waals surface area contributed by atoms with E-state index in [1.165, 1.54) is 31.0 Å². The summed E-state index contributed by atoms with van der Waals surface area (Å²) in [6.07, 6.45) is 7.08. The molecule has 2 aliphatic carbocycles. The van der Waals surface area contributed by atoms with Gasteiger partial charge in [0.1, 0.15) is 11.4 Å². The van der Waals surface area contributed by atoms with Crippen molar-refractivity contribution in [3.63, 3.8) is 0 Å². The number of carbonyl (C=O) groups is 1. The molecule has 1 unspecified atom stereocenters. The molecule has 0 aromatic heterocycles. The number of nitrogens with one attached hydrogen (secondary N) is 1. The van der Waals surface area contributed by atoms with E-state index < -0.39 is 33.7 Å². The fraction of sp³-hybridized carbons (Fsp3) is 0.531. The smallest absolute Gasteiger partial charge is 0.265 e. The van der Waals surface area contributed by atoms with Gasteiger partial charge in [-0.1, -0.05) is 29.8 Å². The first kappa shape index (κ1) is 29.5. The van der Waals surface area contributed by atoms with Gasteiger partial charge < -0.3 is 19.5 Å². The second-order valence-corrected chi connectivity index (χ2v) is 15.0. The Morgan fingerprint density at radius 2 is 1.93 bits per heavy atom. The Hall–Kier alpha value is -2.59. The van der Waals surface area contributed by atoms with Crippen LogP contribution in [0.5, 0.6) is 5.75 Å². The SMILES string of the molecule is CC1C=C[C@H](O)[C@@H]2CC[C@H]2CN2C[C@@]3(CCCc4cc(Cl)ccc43)COc3ccc(cc32)S(=O)(=O)NC(=O)C(C)(C)O1. The molecular formula is C32H39ClN2O6S. The molecule has 2 heterocycles. The molecule has 0 saturated heterocycles. The van der Waals surface area contributed by atoms with E-state index in [1.54, 1.807) is 31.2 Å². The number of ether oxygens (including phenoxy) is 2. The van der Waals surface area contributed by atoms with E-state index in [0.717, 1.165) is 32.1 Å². The van der Waals surface area contributed by atoms with Crippen LogP contribution >= 0.6 is 11.6 Å². The van der Waals surface area contributed by atoms with Crippen LogP contribution in [-0.2, 0) is 31.4 Å². The normalized spacial score (nSPS) is 32.0. The van der Waals surface area contributed by atoms with Crippen LogP contribution in [0, 0.1) is 11.8 Å². The van der Waals surface area contributed by atoms with Crippen LogP contribution in [0.15, 0.2) is 53.4 Å². The quantitative estimate of drug-likeness (QED) is 0.412. The number of fused-ring (bicyclic) bond motifs is 4. The summed E-state index contributed by atoms with van der Waals surface area (Å²) in [7, 11) is -4.20. The Morgan fingerprint density at radius 3 is 2.69 bits per heavy atom. The first-order chi connectivity index (χ1) is 19.9. The summed E-state index contributed by atoms with van der Waals surface area (Å²) >= 11 is 6.38. The lowest BCUT2D eigenvalue weighted by atomic mass is 9.68. The Kier molecular flexibility index (Phi) is 7.61. The van der Waals surface area contributed by atoms with Gasteiger partial charge in [0.05, 0.1) is 29.4 Å². The molecule has 42 heavy (non-hydrogen) atoms. The highest BCUT2D eigenvalue weighted by Crippen LogP contribution is 2.47. The lowest BCUT2D eigenvalue weighted by molar-refractivity contribution is -0.144. The molecule has 1 saturated carbocycles. The minimum Gasteiger partial charge on any atom is -0.490 e. The maximum absolute atomic E-state index is 13.5. The zero-order chi connectivity index (χ0) is 29.9. The van der Waals surface area contributed by atoms with Crippen LogP contribution in [0.25, 0.3) is 0 Å². The van der Waals surface area contributed by atoms with Gasteiger partial charge in [0.25, 0.3) is 15.9 Å². The van der Waals surface area contributed by atoms with Crippen LogP contribution in [0.1, 0.15) is 57.6 Å². The maximum atomic E-state index is 13.5. The number of rotatable bonds is 0. The van der Waals surface area contributed by atoms with E-state index in [0.29, 0.717) is 36.2 Å². The number of nitrogens with zero attached hydrogens (tertiary/aromatic N) is 1. The number of hydrogen-bond acceptors (Lipinski definition) is 7. The van der Waals surface area contributed by atoms with E-state index in [9.17, 15) is 18.3 Å². The minimum atomic E-state index is -4.20. The Labute approximate surface area is 253 Å². The minimum absolute atomic E-state index is 0.0176. The molecule has 1 fully saturated rings. The molecule has 5 atom stereocenters. The molecule has 10 heteroatoms. The van der Waals surface area contributed by atoms with Gasteiger partial charge in [-0.2, -0.15) is 0 Å². The molecule has 2 aliphatic heterocycles. The van der Waals surface area contributed by atoms with Crippen molar-refractivity contribution < 1.29 is 27.8 Å². The van der Waals surface area contributed by atoms with Gasteiger partial charge in [-0.3, -0.25) is 4.79 Å². The van der Waals surface area contributed by atoms with E-state index in [-0.39, 0.29) is 22.1 Å². The average molecular weight is 615 g/mol. The van der Waals surface area contributed by atoms with E-state index in [2.05, 4.69) is 21.8 Å². The van der Waals surface area contributed by atoms with Crippen LogP contribution in [-0.4, -0.2) is 56.9 Å². The van der Waals surface area contributed by atoms with Gasteiger partial charge in [-0.05, 0) is 106 Å². The average Bonchev–Trinajstić information content (AvgIpc) is 3.06. The highest BCUT2D eigenvalue weighted by Gasteiger charge is 2.44. The lowest BCUT2D eigenvalue weighted by Crippen LogP contribution is -2.49. The van der Waals surface area contributed by atoms with Crippen molar-refractivity contribution in [1.82, 2.24) is 4.72 Å². The summed E-state index contributed by atoms with van der Waals surface area (Å²) in [4.78, 5) is 15.4. The van der Waals surface area contributed by atoms with Crippen molar-refractivity contribution in [2.24, 2.45) is 11.8 Å². The van der Waals surface area contributed by atoms with Gasteiger partial charge in [0.2, 0.25) is 0 Å². The summed E-state index contributed by atoms with van der Waals surface area (Å²) < 4.78 is 41.6. The van der Waals surface area contributed by atoms with Crippen molar-refractivity contribution in [3.05, 3.63) is 64.7 Å². The third-order valence-electron chi connectivity index (χ3n) is 9.52. The molecule has 226 valence electrons. The van der Waals surface area contributed by atoms with Crippen molar-refractivity contribution in [2.45, 2.75) is 81.0 Å². The van der Waals surface area contributed by atoms with Crippen molar-refractivity contribution >= 4 is 33.2 Å². The number of aryl methyl sites for hydroxylation is 1. The van der Waals surface area contributed by atoms with Gasteiger partial charge in [-0.15, -0.1) is 0 Å². The van der Waals surface area contributed by atoms with Gasteiger partial charge in [-0.25, -0.2) is 13.1 Å². The monoisotopic (exact) mass is 614 g/mol. The number of amides is 1. The van der Waals surface area contributed by atoms with E-state index in [4.69, 9.17) is 21.1 Å². The molecule has 2 aromatic rings. The largest absolute Gasteiger partial charge is 0.490 e. The molecule has 1 spiro atoms. The predicted octanol–water partition coefficient (Wildman–Crippen LogP) is 4.76. The molecule has 0 radical (unpaired) electrons. The maximum Gasteiger partial charge on any atom is 0.265 e. The number of benzene rings is 2. The number of aliphatic hydroxyl groups is 1. The molecule has 8 nitrogen and oxygen atoms in total. The molecule has 4 aliphatic rings. The molecule has 1 amide bonds. The number of carbonyl (C=O) groups excluding carboxylic acids is 1. The third kappa shape index (κ3) is 5.45. The zero-order valence-electron chi connectivity index (χ0n) is 24.3. The summed E-state index contributed by atoms with van der Waals surface area (Å²) in [6.45, 7) is 6.57. The number of sulfonamides is 1. The van der Waals surface area contributed by atoms with Crippen molar-refractivity contribution in [1.29, 1.82) is 0 Å². The molecule has 2 bridgehead atoms. The third-order valence-corrected chi connectivity index (χ3v) is 11.1. The van der Waals surface area contributed by atoms with Gasteiger partial charge in [0.15, 0.2) is 0 Å². The van der Waals surface area contributed by atoms with Gasteiger partial charge >= 0.3 is 0 Å². The molecule has 6 rings (SSSR count). The van der Waals surface area contributed by atoms with Crippen LogP contribution in [0.2, 0.25) is 5.02 Å². The Morgan fingerprint density at radius 1 is 1.12 bits per heavy atom. The first-order valence-electron chi connectivity index (χ1n) is 14.8. The van der Waals surface area contributed by atoms with E-state index >= 15 is 0 Å². The Balaban J connectivity index is 1.44. The second-order valence-electron chi connectivity index (χ2n) is 12.9. The number of hydrogen-bond donors (Lipinski definition) is 2. The summed E-state index contributed by atoms with van der Waals surface area (Å²) in [5, 5.41) is 11.9. The van der Waals surface area contributed by atoms with Crippen LogP contribution in [0.4, 0.5) is 5.69 Å². The standard InChI is InChI=1S/C32H39ClN2O6S/c1-20-6-12-28(36)25-10-7-22(25)17-35-18-32(14-4-5-21-15-23(33)8-11-26(21)32)19-40-29-13-9-24(16-27(29)35)42(38,39)34-30(37)31(2,3)41-20/h6,8-9,11-13,15-16,20,22,25,28,36H,4-5,7,10,14,17-19H2,1-3H3,(H,34,37)/t20?,22-,25+,28-,32-/m0/s1. The number of aliphatic hydroxyl groups excluding tert-OH is 1. The van der Waals surface area contributed by atoms with Crippen LogP contribution < -0.4 is 14.4 Å².